The van der Waals surface area contributed by atoms with Gasteiger partial charge in [0.15, 0.2) is 0 Å². The minimum absolute atomic E-state index is 0.244. The fraction of sp³-hybridized carbons (Fsp3) is 0.625. The average Bonchev–Trinajstić information content (AvgIpc) is 2.28. The first-order valence-corrected chi connectivity index (χ1v) is 7.25. The van der Waals surface area contributed by atoms with Gasteiger partial charge in [-0.3, -0.25) is 0 Å². The molecule has 1 fully saturated rings. The van der Waals surface area contributed by atoms with Crippen LogP contribution in [0, 0.1) is 5.41 Å². The van der Waals surface area contributed by atoms with Crippen LogP contribution in [0.4, 0.5) is 0 Å². The molecule has 2 heteroatoms. The van der Waals surface area contributed by atoms with Crippen molar-refractivity contribution in [1.29, 1.82) is 0 Å². The van der Waals surface area contributed by atoms with E-state index in [0.29, 0.717) is 11.5 Å². The molecule has 0 aliphatic heterocycles. The van der Waals surface area contributed by atoms with Gasteiger partial charge in [-0.15, -0.1) is 0 Å². The zero-order valence-electron chi connectivity index (χ0n) is 11.9. The molecule has 1 atom stereocenters. The smallest absolute Gasteiger partial charge is 0.0406 e. The van der Waals surface area contributed by atoms with Crippen LogP contribution in [0.15, 0.2) is 24.3 Å². The van der Waals surface area contributed by atoms with Gasteiger partial charge in [0.25, 0.3) is 0 Å². The van der Waals surface area contributed by atoms with E-state index < -0.39 is 0 Å². The molecule has 1 aliphatic carbocycles. The Morgan fingerprint density at radius 2 is 1.78 bits per heavy atom. The van der Waals surface area contributed by atoms with Crippen molar-refractivity contribution in [2.45, 2.75) is 51.5 Å². The third kappa shape index (κ3) is 1.98. The molecule has 100 valence electrons. The summed E-state index contributed by atoms with van der Waals surface area (Å²) in [5, 5.41) is 4.26. The van der Waals surface area contributed by atoms with Crippen LogP contribution in [0.2, 0.25) is 5.02 Å². The Morgan fingerprint density at radius 3 is 2.17 bits per heavy atom. The molecule has 1 nitrogen and oxygen atoms in total. The van der Waals surface area contributed by atoms with Gasteiger partial charge in [0, 0.05) is 16.5 Å². The lowest BCUT2D eigenvalue weighted by Gasteiger charge is -2.56. The van der Waals surface area contributed by atoms with E-state index in [2.05, 4.69) is 45.3 Å². The number of benzene rings is 1. The number of hydrogen-bond donors (Lipinski definition) is 1. The summed E-state index contributed by atoms with van der Waals surface area (Å²) in [5.74, 6) is 0. The Kier molecular flexibility index (Phi) is 3.75. The minimum Gasteiger partial charge on any atom is -0.317 e. The van der Waals surface area contributed by atoms with Crippen LogP contribution < -0.4 is 5.32 Å². The van der Waals surface area contributed by atoms with Crippen LogP contribution >= 0.6 is 11.6 Å². The first kappa shape index (κ1) is 13.9. The maximum Gasteiger partial charge on any atom is 0.0406 e. The first-order valence-electron chi connectivity index (χ1n) is 6.87. The first-order chi connectivity index (χ1) is 8.44. The van der Waals surface area contributed by atoms with Gasteiger partial charge in [0.2, 0.25) is 0 Å². The van der Waals surface area contributed by atoms with Crippen molar-refractivity contribution in [2.24, 2.45) is 5.41 Å². The standard InChI is InChI=1S/C16H24ClN/c1-12(18-4)15(2,3)16(10-5-11-16)13-6-8-14(17)9-7-13/h6-9,12,18H,5,10-11H2,1-4H3. The van der Waals surface area contributed by atoms with Crippen molar-refractivity contribution in [2.75, 3.05) is 7.05 Å². The molecule has 1 aliphatic rings. The molecule has 0 aromatic heterocycles. The lowest BCUT2D eigenvalue weighted by Crippen LogP contribution is -2.55. The summed E-state index contributed by atoms with van der Waals surface area (Å²) < 4.78 is 0. The Hall–Kier alpha value is -0.530. The molecule has 0 bridgehead atoms. The summed E-state index contributed by atoms with van der Waals surface area (Å²) in [6.45, 7) is 7.07. The lowest BCUT2D eigenvalue weighted by molar-refractivity contribution is 0.0401. The number of hydrogen-bond acceptors (Lipinski definition) is 1. The lowest BCUT2D eigenvalue weighted by atomic mass is 9.49. The summed E-state index contributed by atoms with van der Waals surface area (Å²) in [6, 6.07) is 8.97. The minimum atomic E-state index is 0.244. The van der Waals surface area contributed by atoms with E-state index in [9.17, 15) is 0 Å². The highest BCUT2D eigenvalue weighted by atomic mass is 35.5. The molecular formula is C16H24ClN. The average molecular weight is 266 g/mol. The predicted molar refractivity (Wildman–Crippen MR) is 79.3 cm³/mol. The fourth-order valence-electron chi connectivity index (χ4n) is 3.38. The number of halogens is 1. The molecule has 2 rings (SSSR count). The third-order valence-corrected chi connectivity index (χ3v) is 5.60. The molecule has 1 saturated carbocycles. The highest BCUT2D eigenvalue weighted by molar-refractivity contribution is 6.30. The molecule has 0 amide bonds. The predicted octanol–water partition coefficient (Wildman–Crippen LogP) is 4.40. The van der Waals surface area contributed by atoms with Gasteiger partial charge in [-0.1, -0.05) is 44.0 Å². The summed E-state index contributed by atoms with van der Waals surface area (Å²) in [5.41, 5.74) is 2.00. The van der Waals surface area contributed by atoms with E-state index in [1.165, 1.54) is 24.8 Å². The van der Waals surface area contributed by atoms with Crippen LogP contribution in [0.25, 0.3) is 0 Å². The van der Waals surface area contributed by atoms with Crippen molar-refractivity contribution in [3.63, 3.8) is 0 Å². The Bertz CT molecular complexity index is 404. The van der Waals surface area contributed by atoms with Crippen molar-refractivity contribution in [3.8, 4) is 0 Å². The molecule has 0 saturated heterocycles. The van der Waals surface area contributed by atoms with Crippen molar-refractivity contribution < 1.29 is 0 Å². The monoisotopic (exact) mass is 265 g/mol. The summed E-state index contributed by atoms with van der Waals surface area (Å²) >= 11 is 6.01. The molecule has 0 heterocycles. The molecule has 1 aromatic rings. The highest BCUT2D eigenvalue weighted by Gasteiger charge is 2.52. The molecule has 18 heavy (non-hydrogen) atoms. The largest absolute Gasteiger partial charge is 0.317 e. The van der Waals surface area contributed by atoms with Gasteiger partial charge in [-0.05, 0) is 49.9 Å². The van der Waals surface area contributed by atoms with Gasteiger partial charge in [0.05, 0.1) is 0 Å². The van der Waals surface area contributed by atoms with Crippen molar-refractivity contribution in [1.82, 2.24) is 5.32 Å². The van der Waals surface area contributed by atoms with Gasteiger partial charge in [-0.2, -0.15) is 0 Å². The molecular weight excluding hydrogens is 242 g/mol. The van der Waals surface area contributed by atoms with Crippen LogP contribution in [0.1, 0.15) is 45.6 Å². The molecule has 1 unspecified atom stereocenters. The maximum absolute atomic E-state index is 6.01. The second-order valence-corrected chi connectivity index (χ2v) is 6.61. The van der Waals surface area contributed by atoms with Gasteiger partial charge < -0.3 is 5.32 Å². The molecule has 1 N–H and O–H groups in total. The Balaban J connectivity index is 2.39. The maximum atomic E-state index is 6.01. The fourth-order valence-corrected chi connectivity index (χ4v) is 3.51. The normalized spacial score (nSPS) is 20.3. The van der Waals surface area contributed by atoms with Crippen LogP contribution in [-0.4, -0.2) is 13.1 Å². The highest BCUT2D eigenvalue weighted by Crippen LogP contribution is 2.56. The Morgan fingerprint density at radius 1 is 1.22 bits per heavy atom. The van der Waals surface area contributed by atoms with Gasteiger partial charge in [-0.25, -0.2) is 0 Å². The SMILES string of the molecule is CNC(C)C(C)(C)C1(c2ccc(Cl)cc2)CCC1. The van der Waals surface area contributed by atoms with E-state index in [-0.39, 0.29) is 5.41 Å². The van der Waals surface area contributed by atoms with E-state index >= 15 is 0 Å². The summed E-state index contributed by atoms with van der Waals surface area (Å²) in [4.78, 5) is 0. The zero-order chi connectivity index (χ0) is 13.4. The summed E-state index contributed by atoms with van der Waals surface area (Å²) in [6.07, 6.45) is 3.91. The molecule has 0 radical (unpaired) electrons. The van der Waals surface area contributed by atoms with E-state index in [1.807, 2.05) is 12.1 Å². The van der Waals surface area contributed by atoms with E-state index in [4.69, 9.17) is 11.6 Å². The van der Waals surface area contributed by atoms with E-state index in [0.717, 1.165) is 5.02 Å². The topological polar surface area (TPSA) is 12.0 Å². The van der Waals surface area contributed by atoms with Crippen LogP contribution in [0.5, 0.6) is 0 Å². The zero-order valence-corrected chi connectivity index (χ0v) is 12.6. The molecule has 0 spiro atoms. The number of nitrogens with one attached hydrogen (secondary N) is 1. The second-order valence-electron chi connectivity index (χ2n) is 6.17. The summed E-state index contributed by atoms with van der Waals surface area (Å²) in [7, 11) is 2.06. The van der Waals surface area contributed by atoms with Crippen LogP contribution in [-0.2, 0) is 5.41 Å². The third-order valence-electron chi connectivity index (χ3n) is 5.35. The molecule has 1 aromatic carbocycles. The Labute approximate surface area is 116 Å². The second kappa shape index (κ2) is 4.86. The van der Waals surface area contributed by atoms with Gasteiger partial charge in [0.1, 0.15) is 0 Å². The van der Waals surface area contributed by atoms with Crippen molar-refractivity contribution >= 4 is 11.6 Å². The van der Waals surface area contributed by atoms with Crippen molar-refractivity contribution in [3.05, 3.63) is 34.9 Å². The quantitative estimate of drug-likeness (QED) is 0.851. The van der Waals surface area contributed by atoms with E-state index in [1.54, 1.807) is 0 Å². The van der Waals surface area contributed by atoms with Crippen LogP contribution in [0.3, 0.4) is 0 Å². The van der Waals surface area contributed by atoms with Gasteiger partial charge >= 0.3 is 0 Å². The number of rotatable bonds is 4.